The van der Waals surface area contributed by atoms with Crippen LogP contribution in [0.3, 0.4) is 0 Å². The molecule has 2 N–H and O–H groups in total. The predicted octanol–water partition coefficient (Wildman–Crippen LogP) is 5.84. The number of ether oxygens (including phenoxy) is 2. The minimum absolute atomic E-state index is 0.123. The van der Waals surface area contributed by atoms with Crippen LogP contribution >= 0.6 is 0 Å². The van der Waals surface area contributed by atoms with Gasteiger partial charge in [0.25, 0.3) is 0 Å². The summed E-state index contributed by atoms with van der Waals surface area (Å²) in [5.41, 5.74) is 0. The van der Waals surface area contributed by atoms with Gasteiger partial charge in [-0.1, -0.05) is 42.5 Å². The Kier molecular flexibility index (Phi) is 4.07. The van der Waals surface area contributed by atoms with Gasteiger partial charge in [0.1, 0.15) is 23.0 Å². The molecule has 128 valence electrons. The Labute approximate surface area is 150 Å². The third-order valence-electron chi connectivity index (χ3n) is 3.93. The third-order valence-corrected chi connectivity index (χ3v) is 3.93. The highest BCUT2D eigenvalue weighted by molar-refractivity contribution is 5.91. The molecule has 4 aromatic carbocycles. The van der Waals surface area contributed by atoms with E-state index in [4.69, 9.17) is 9.47 Å². The van der Waals surface area contributed by atoms with E-state index in [0.717, 1.165) is 10.8 Å². The maximum atomic E-state index is 9.70. The van der Waals surface area contributed by atoms with Crippen molar-refractivity contribution in [1.82, 2.24) is 0 Å². The first kappa shape index (κ1) is 15.8. The Morgan fingerprint density at radius 2 is 1.23 bits per heavy atom. The van der Waals surface area contributed by atoms with E-state index in [1.165, 1.54) is 6.07 Å². The normalized spacial score (nSPS) is 10.6. The van der Waals surface area contributed by atoms with Crippen LogP contribution in [-0.2, 0) is 0 Å². The highest BCUT2D eigenvalue weighted by Gasteiger charge is 2.13. The quantitative estimate of drug-likeness (QED) is 0.488. The average Bonchev–Trinajstić information content (AvgIpc) is 2.64. The fourth-order valence-electron chi connectivity index (χ4n) is 2.75. The molecule has 0 aromatic heterocycles. The fourth-order valence-corrected chi connectivity index (χ4v) is 2.75. The molecule has 4 aromatic rings. The van der Waals surface area contributed by atoms with Crippen molar-refractivity contribution in [2.45, 2.75) is 0 Å². The molecule has 0 amide bonds. The second-order valence-corrected chi connectivity index (χ2v) is 5.81. The maximum Gasteiger partial charge on any atom is 0.177 e. The largest absolute Gasteiger partial charge is 0.508 e. The smallest absolute Gasteiger partial charge is 0.177 e. The highest BCUT2D eigenvalue weighted by atomic mass is 16.5. The molecule has 0 spiro atoms. The predicted molar refractivity (Wildman–Crippen MR) is 100 cm³/mol. The van der Waals surface area contributed by atoms with Gasteiger partial charge in [0.2, 0.25) is 0 Å². The van der Waals surface area contributed by atoms with Gasteiger partial charge in [-0.2, -0.15) is 0 Å². The Balaban J connectivity index is 1.81. The molecule has 0 radical (unpaired) electrons. The first-order valence-electron chi connectivity index (χ1n) is 8.14. The molecule has 0 fully saturated rings. The molecule has 0 heterocycles. The maximum absolute atomic E-state index is 9.70. The van der Waals surface area contributed by atoms with Crippen LogP contribution in [0.15, 0.2) is 84.9 Å². The van der Waals surface area contributed by atoms with E-state index < -0.39 is 0 Å². The van der Waals surface area contributed by atoms with Crippen molar-refractivity contribution in [3.63, 3.8) is 0 Å². The molecule has 0 bridgehead atoms. The molecule has 26 heavy (non-hydrogen) atoms. The van der Waals surface area contributed by atoms with Gasteiger partial charge in [0.15, 0.2) is 11.5 Å². The molecule has 0 aliphatic carbocycles. The summed E-state index contributed by atoms with van der Waals surface area (Å²) in [4.78, 5) is 0. The van der Waals surface area contributed by atoms with Gasteiger partial charge in [-0.15, -0.1) is 0 Å². The van der Waals surface area contributed by atoms with Gasteiger partial charge in [0.05, 0.1) is 0 Å². The fraction of sp³-hybridized carbons (Fsp3) is 0. The van der Waals surface area contributed by atoms with Crippen LogP contribution < -0.4 is 9.47 Å². The van der Waals surface area contributed by atoms with Gasteiger partial charge >= 0.3 is 0 Å². The molecule has 4 nitrogen and oxygen atoms in total. The van der Waals surface area contributed by atoms with Crippen LogP contribution in [0.5, 0.6) is 34.5 Å². The van der Waals surface area contributed by atoms with Crippen molar-refractivity contribution >= 4 is 10.8 Å². The number of hydrogen-bond acceptors (Lipinski definition) is 4. The van der Waals surface area contributed by atoms with Gasteiger partial charge < -0.3 is 19.7 Å². The summed E-state index contributed by atoms with van der Waals surface area (Å²) in [6.07, 6.45) is 0. The lowest BCUT2D eigenvalue weighted by molar-refractivity contribution is 0.414. The molecular formula is C22H16O4. The summed E-state index contributed by atoms with van der Waals surface area (Å²) in [5, 5.41) is 21.2. The van der Waals surface area contributed by atoms with Crippen molar-refractivity contribution < 1.29 is 19.7 Å². The van der Waals surface area contributed by atoms with Gasteiger partial charge in [0, 0.05) is 17.5 Å². The van der Waals surface area contributed by atoms with Crippen LogP contribution in [-0.4, -0.2) is 10.2 Å². The molecule has 0 aliphatic rings. The lowest BCUT2D eigenvalue weighted by atomic mass is 10.1. The first-order valence-corrected chi connectivity index (χ1v) is 8.14. The van der Waals surface area contributed by atoms with Gasteiger partial charge in [-0.3, -0.25) is 0 Å². The van der Waals surface area contributed by atoms with E-state index in [1.807, 2.05) is 36.4 Å². The second kappa shape index (κ2) is 6.69. The summed E-state index contributed by atoms with van der Waals surface area (Å²) in [7, 11) is 0. The topological polar surface area (TPSA) is 58.9 Å². The van der Waals surface area contributed by atoms with Gasteiger partial charge in [-0.25, -0.2) is 0 Å². The van der Waals surface area contributed by atoms with Crippen molar-refractivity contribution in [3.05, 3.63) is 84.9 Å². The molecule has 0 aliphatic heterocycles. The lowest BCUT2D eigenvalue weighted by Crippen LogP contribution is -1.92. The Morgan fingerprint density at radius 3 is 1.92 bits per heavy atom. The Hall–Kier alpha value is -3.66. The summed E-state index contributed by atoms with van der Waals surface area (Å²) in [6.45, 7) is 0. The van der Waals surface area contributed by atoms with E-state index >= 15 is 0 Å². The van der Waals surface area contributed by atoms with Crippen molar-refractivity contribution in [2.24, 2.45) is 0 Å². The van der Waals surface area contributed by atoms with Crippen LogP contribution in [0, 0.1) is 0 Å². The van der Waals surface area contributed by atoms with Crippen LogP contribution in [0.25, 0.3) is 10.8 Å². The minimum Gasteiger partial charge on any atom is -0.508 e. The zero-order chi connectivity index (χ0) is 17.9. The number of hydrogen-bond donors (Lipinski definition) is 2. The summed E-state index contributed by atoms with van der Waals surface area (Å²) >= 11 is 0. The molecule has 0 unspecified atom stereocenters. The lowest BCUT2D eigenvalue weighted by Gasteiger charge is -2.15. The van der Waals surface area contributed by atoms with Gasteiger partial charge in [-0.05, 0) is 35.7 Å². The number of fused-ring (bicyclic) bond motifs is 1. The van der Waals surface area contributed by atoms with Crippen molar-refractivity contribution in [2.75, 3.05) is 0 Å². The van der Waals surface area contributed by atoms with E-state index in [-0.39, 0.29) is 11.5 Å². The van der Waals surface area contributed by atoms with Crippen molar-refractivity contribution in [1.29, 1.82) is 0 Å². The second-order valence-electron chi connectivity index (χ2n) is 5.81. The number of benzene rings is 4. The molecule has 0 saturated carbocycles. The number of aromatic hydroxyl groups is 2. The summed E-state index contributed by atoms with van der Waals surface area (Å²) in [5.74, 6) is 2.30. The highest BCUT2D eigenvalue weighted by Crippen LogP contribution is 2.41. The van der Waals surface area contributed by atoms with Crippen molar-refractivity contribution in [3.8, 4) is 34.5 Å². The van der Waals surface area contributed by atoms with Crippen LogP contribution in [0.2, 0.25) is 0 Å². The standard InChI is InChI=1S/C22H16O4/c23-16-6-3-8-18(13-16)25-21-12-11-15-5-1-2-10-20(15)22(21)26-19-9-4-7-17(24)14-19/h1-14,23-24H. The molecule has 4 rings (SSSR count). The summed E-state index contributed by atoms with van der Waals surface area (Å²) < 4.78 is 12.0. The van der Waals surface area contributed by atoms with E-state index in [9.17, 15) is 10.2 Å². The third kappa shape index (κ3) is 3.26. The zero-order valence-corrected chi connectivity index (χ0v) is 13.8. The summed E-state index contributed by atoms with van der Waals surface area (Å²) in [6, 6.07) is 24.8. The first-order chi connectivity index (χ1) is 12.7. The number of phenolic OH excluding ortho intramolecular Hbond substituents is 2. The number of rotatable bonds is 4. The number of phenols is 2. The van der Waals surface area contributed by atoms with Crippen LogP contribution in [0.1, 0.15) is 0 Å². The monoisotopic (exact) mass is 344 g/mol. The van der Waals surface area contributed by atoms with Crippen LogP contribution in [0.4, 0.5) is 0 Å². The SMILES string of the molecule is Oc1cccc(Oc2ccc3ccccc3c2Oc2cccc(O)c2)c1. The minimum atomic E-state index is 0.123. The van der Waals surface area contributed by atoms with E-state index in [2.05, 4.69) is 0 Å². The Morgan fingerprint density at radius 1 is 0.577 bits per heavy atom. The van der Waals surface area contributed by atoms with E-state index in [0.29, 0.717) is 23.0 Å². The van der Waals surface area contributed by atoms with E-state index in [1.54, 1.807) is 42.5 Å². The molecule has 0 saturated heterocycles. The molecular weight excluding hydrogens is 328 g/mol. The molecule has 0 atom stereocenters. The molecule has 4 heteroatoms. The average molecular weight is 344 g/mol. The zero-order valence-electron chi connectivity index (χ0n) is 13.8. The Bertz CT molecular complexity index is 1070.